The molecule has 1 amide bonds. The summed E-state index contributed by atoms with van der Waals surface area (Å²) in [6.45, 7) is 4.19. The van der Waals surface area contributed by atoms with Crippen molar-refractivity contribution in [2.24, 2.45) is 0 Å². The molecule has 156 valence electrons. The van der Waals surface area contributed by atoms with Crippen LogP contribution in [0.3, 0.4) is 0 Å². The summed E-state index contributed by atoms with van der Waals surface area (Å²) in [5.41, 5.74) is 3.55. The number of carbonyl (C=O) groups excluding carboxylic acids is 1. The number of hydrogen-bond donors (Lipinski definition) is 1. The minimum atomic E-state index is -3.56. The first kappa shape index (κ1) is 21.7. The zero-order valence-corrected chi connectivity index (χ0v) is 18.2. The minimum absolute atomic E-state index is 0.111. The first-order valence-corrected chi connectivity index (χ1v) is 11.2. The molecule has 3 aromatic carbocycles. The average Bonchev–Trinajstić information content (AvgIpc) is 2.75. The molecule has 0 aromatic heterocycles. The number of benzene rings is 3. The molecule has 0 saturated carbocycles. The van der Waals surface area contributed by atoms with Gasteiger partial charge in [-0.25, -0.2) is 8.42 Å². The van der Waals surface area contributed by atoms with Crippen LogP contribution in [0.1, 0.15) is 40.0 Å². The van der Waals surface area contributed by atoms with Crippen molar-refractivity contribution in [3.63, 3.8) is 0 Å². The zero-order valence-electron chi connectivity index (χ0n) is 17.4. The fourth-order valence-corrected chi connectivity index (χ4v) is 4.27. The molecule has 5 nitrogen and oxygen atoms in total. The molecule has 0 saturated heterocycles. The lowest BCUT2D eigenvalue weighted by atomic mass is 10.1. The zero-order chi connectivity index (χ0) is 21.7. The first-order valence-electron chi connectivity index (χ1n) is 9.75. The Kier molecular flexibility index (Phi) is 6.70. The van der Waals surface area contributed by atoms with Gasteiger partial charge in [-0.1, -0.05) is 60.2 Å². The largest absolute Gasteiger partial charge is 0.346 e. The summed E-state index contributed by atoms with van der Waals surface area (Å²) < 4.78 is 26.6. The Morgan fingerprint density at radius 2 is 1.53 bits per heavy atom. The number of sulfonamides is 1. The van der Waals surface area contributed by atoms with Crippen LogP contribution in [0.4, 0.5) is 0 Å². The highest BCUT2D eigenvalue weighted by molar-refractivity contribution is 7.89. The Bertz CT molecular complexity index is 1090. The van der Waals surface area contributed by atoms with Crippen molar-refractivity contribution in [3.8, 4) is 0 Å². The van der Waals surface area contributed by atoms with Gasteiger partial charge in [0.25, 0.3) is 5.91 Å². The molecule has 0 bridgehead atoms. The second-order valence-electron chi connectivity index (χ2n) is 7.38. The van der Waals surface area contributed by atoms with Gasteiger partial charge in [-0.05, 0) is 49.2 Å². The molecule has 0 heterocycles. The average molecular weight is 423 g/mol. The quantitative estimate of drug-likeness (QED) is 0.617. The number of aryl methyl sites for hydroxylation is 1. The highest BCUT2D eigenvalue weighted by atomic mass is 32.2. The summed E-state index contributed by atoms with van der Waals surface area (Å²) >= 11 is 0. The van der Waals surface area contributed by atoms with Crippen molar-refractivity contribution in [1.29, 1.82) is 0 Å². The lowest BCUT2D eigenvalue weighted by Crippen LogP contribution is -2.27. The second-order valence-corrected chi connectivity index (χ2v) is 9.42. The SMILES string of the molecule is Cc1ccc(C(C)NC(=O)c2ccc(CN(C)S(=O)(=O)c3ccccc3)cc2)cc1. The molecule has 0 spiro atoms. The summed E-state index contributed by atoms with van der Waals surface area (Å²) in [4.78, 5) is 12.8. The van der Waals surface area contributed by atoms with Crippen LogP contribution in [-0.2, 0) is 16.6 Å². The van der Waals surface area contributed by atoms with Crippen LogP contribution in [0.25, 0.3) is 0 Å². The number of nitrogens with zero attached hydrogens (tertiary/aromatic N) is 1. The molecular formula is C24H26N2O3S. The highest BCUT2D eigenvalue weighted by Gasteiger charge is 2.20. The van der Waals surface area contributed by atoms with Crippen molar-refractivity contribution >= 4 is 15.9 Å². The Labute approximate surface area is 178 Å². The van der Waals surface area contributed by atoms with Crippen LogP contribution in [-0.4, -0.2) is 25.7 Å². The molecule has 1 unspecified atom stereocenters. The fourth-order valence-electron chi connectivity index (χ4n) is 3.09. The molecule has 30 heavy (non-hydrogen) atoms. The molecule has 3 rings (SSSR count). The predicted octanol–water partition coefficient (Wildman–Crippen LogP) is 4.31. The Morgan fingerprint density at radius 1 is 0.933 bits per heavy atom. The van der Waals surface area contributed by atoms with Gasteiger partial charge in [-0.15, -0.1) is 0 Å². The molecule has 0 aliphatic carbocycles. The van der Waals surface area contributed by atoms with Crippen molar-refractivity contribution in [1.82, 2.24) is 9.62 Å². The normalized spacial score (nSPS) is 12.5. The van der Waals surface area contributed by atoms with Crippen LogP contribution >= 0.6 is 0 Å². The monoisotopic (exact) mass is 422 g/mol. The van der Waals surface area contributed by atoms with E-state index in [0.29, 0.717) is 5.56 Å². The van der Waals surface area contributed by atoms with E-state index in [1.807, 2.05) is 38.1 Å². The fraction of sp³-hybridized carbons (Fsp3) is 0.208. The van der Waals surface area contributed by atoms with Crippen LogP contribution < -0.4 is 5.32 Å². The molecule has 0 radical (unpaired) electrons. The van der Waals surface area contributed by atoms with Gasteiger partial charge in [0.1, 0.15) is 0 Å². The second kappa shape index (κ2) is 9.24. The van der Waals surface area contributed by atoms with E-state index in [1.165, 1.54) is 9.87 Å². The van der Waals surface area contributed by atoms with Crippen LogP contribution in [0.5, 0.6) is 0 Å². The minimum Gasteiger partial charge on any atom is -0.346 e. The number of rotatable bonds is 7. The van der Waals surface area contributed by atoms with E-state index < -0.39 is 10.0 Å². The molecule has 0 aliphatic heterocycles. The topological polar surface area (TPSA) is 66.5 Å². The summed E-state index contributed by atoms with van der Waals surface area (Å²) in [5, 5.41) is 2.99. The van der Waals surface area contributed by atoms with Crippen molar-refractivity contribution in [2.75, 3.05) is 7.05 Å². The van der Waals surface area contributed by atoms with Gasteiger partial charge in [0.05, 0.1) is 10.9 Å². The first-order chi connectivity index (χ1) is 14.3. The molecule has 0 fully saturated rings. The van der Waals surface area contributed by atoms with Crippen molar-refractivity contribution in [3.05, 3.63) is 101 Å². The van der Waals surface area contributed by atoms with E-state index in [0.717, 1.165) is 11.1 Å². The summed E-state index contributed by atoms with van der Waals surface area (Å²) in [6.07, 6.45) is 0. The van der Waals surface area contributed by atoms with Gasteiger partial charge in [-0.2, -0.15) is 4.31 Å². The van der Waals surface area contributed by atoms with Gasteiger partial charge in [-0.3, -0.25) is 4.79 Å². The van der Waals surface area contributed by atoms with Crippen LogP contribution in [0, 0.1) is 6.92 Å². The molecule has 3 aromatic rings. The van der Waals surface area contributed by atoms with Gasteiger partial charge in [0.2, 0.25) is 10.0 Å². The van der Waals surface area contributed by atoms with E-state index in [2.05, 4.69) is 5.32 Å². The number of carbonyl (C=O) groups is 1. The molecular weight excluding hydrogens is 396 g/mol. The third kappa shape index (κ3) is 5.14. The van der Waals surface area contributed by atoms with Crippen LogP contribution in [0.15, 0.2) is 83.8 Å². The van der Waals surface area contributed by atoms with E-state index >= 15 is 0 Å². The third-order valence-electron chi connectivity index (χ3n) is 5.00. The summed E-state index contributed by atoms with van der Waals surface area (Å²) in [6, 6.07) is 23.3. The maximum Gasteiger partial charge on any atom is 0.251 e. The Hall–Kier alpha value is -2.96. The highest BCUT2D eigenvalue weighted by Crippen LogP contribution is 2.18. The molecule has 6 heteroatoms. The number of nitrogens with one attached hydrogen (secondary N) is 1. The van der Waals surface area contributed by atoms with E-state index in [9.17, 15) is 13.2 Å². The smallest absolute Gasteiger partial charge is 0.251 e. The van der Waals surface area contributed by atoms with E-state index in [-0.39, 0.29) is 23.4 Å². The predicted molar refractivity (Wildman–Crippen MR) is 119 cm³/mol. The van der Waals surface area contributed by atoms with Gasteiger partial charge in [0.15, 0.2) is 0 Å². The van der Waals surface area contributed by atoms with E-state index in [1.54, 1.807) is 61.6 Å². The lowest BCUT2D eigenvalue weighted by molar-refractivity contribution is 0.0940. The van der Waals surface area contributed by atoms with E-state index in [4.69, 9.17) is 0 Å². The van der Waals surface area contributed by atoms with Crippen molar-refractivity contribution < 1.29 is 13.2 Å². The Morgan fingerprint density at radius 3 is 2.13 bits per heavy atom. The number of amides is 1. The maximum atomic E-state index is 12.7. The van der Waals surface area contributed by atoms with Gasteiger partial charge >= 0.3 is 0 Å². The van der Waals surface area contributed by atoms with Gasteiger partial charge < -0.3 is 5.32 Å². The lowest BCUT2D eigenvalue weighted by Gasteiger charge is -2.18. The summed E-state index contributed by atoms with van der Waals surface area (Å²) in [7, 11) is -2.01. The van der Waals surface area contributed by atoms with Crippen molar-refractivity contribution in [2.45, 2.75) is 31.3 Å². The standard InChI is InChI=1S/C24H26N2O3S/c1-18-9-13-21(14-10-18)19(2)25-24(27)22-15-11-20(12-16-22)17-26(3)30(28,29)23-7-5-4-6-8-23/h4-16,19H,17H2,1-3H3,(H,25,27). The van der Waals surface area contributed by atoms with Gasteiger partial charge in [0, 0.05) is 19.2 Å². The Balaban J connectivity index is 1.64. The molecule has 1 atom stereocenters. The summed E-state index contributed by atoms with van der Waals surface area (Å²) in [5.74, 6) is -0.167. The molecule has 0 aliphatic rings. The number of hydrogen-bond acceptors (Lipinski definition) is 3. The maximum absolute atomic E-state index is 12.7. The third-order valence-corrected chi connectivity index (χ3v) is 6.82. The van der Waals surface area contributed by atoms with Crippen LogP contribution in [0.2, 0.25) is 0 Å². The molecule has 1 N–H and O–H groups in total.